The largest absolute Gasteiger partial charge is 0.378 e. The van der Waals surface area contributed by atoms with Crippen LogP contribution in [0.4, 0.5) is 10.5 Å². The van der Waals surface area contributed by atoms with E-state index in [9.17, 15) is 28.8 Å². The Morgan fingerprint density at radius 1 is 0.941 bits per heavy atom. The Kier molecular flexibility index (Phi) is 17.6. The van der Waals surface area contributed by atoms with E-state index in [0.29, 0.717) is 5.56 Å². The molecule has 1 fully saturated rings. The van der Waals surface area contributed by atoms with Crippen molar-refractivity contribution in [3.05, 3.63) is 42.5 Å². The van der Waals surface area contributed by atoms with Crippen LogP contribution >= 0.6 is 0 Å². The summed E-state index contributed by atoms with van der Waals surface area (Å²) >= 11 is 0. The molecule has 0 aliphatic carbocycles. The van der Waals surface area contributed by atoms with Gasteiger partial charge in [-0.2, -0.15) is 0 Å². The summed E-state index contributed by atoms with van der Waals surface area (Å²) in [6, 6.07) is 2.45. The molecular formula is C39H64N6O6. The van der Waals surface area contributed by atoms with Gasteiger partial charge in [-0.1, -0.05) is 81.7 Å². The van der Waals surface area contributed by atoms with Gasteiger partial charge in [-0.3, -0.25) is 24.0 Å². The zero-order chi connectivity index (χ0) is 39.4. The van der Waals surface area contributed by atoms with E-state index < -0.39 is 59.1 Å². The molecule has 2 rings (SSSR count). The average Bonchev–Trinajstić information content (AvgIpc) is 3.41. The zero-order valence-electron chi connectivity index (χ0n) is 33.2. The molecule has 1 saturated heterocycles. The number of hydrogen-bond acceptors (Lipinski definition) is 7. The third-order valence-corrected chi connectivity index (χ3v) is 9.00. The van der Waals surface area contributed by atoms with Crippen molar-refractivity contribution in [1.29, 1.82) is 0 Å². The Balaban J connectivity index is 0.00000418. The van der Waals surface area contributed by atoms with E-state index in [0.717, 1.165) is 5.69 Å². The first-order valence-corrected chi connectivity index (χ1v) is 18.1. The second kappa shape index (κ2) is 20.0. The molecule has 5 amide bonds. The normalized spacial score (nSPS) is 18.8. The van der Waals surface area contributed by atoms with E-state index in [1.807, 2.05) is 86.5 Å². The van der Waals surface area contributed by atoms with Gasteiger partial charge in [-0.05, 0) is 60.3 Å². The summed E-state index contributed by atoms with van der Waals surface area (Å²) < 4.78 is 0. The van der Waals surface area contributed by atoms with Crippen LogP contribution in [0.2, 0.25) is 0 Å². The number of nitrogens with one attached hydrogen (secondary N) is 4. The molecule has 0 aromatic heterocycles. The Morgan fingerprint density at radius 3 is 1.94 bits per heavy atom. The molecule has 1 aliphatic heterocycles. The third-order valence-electron chi connectivity index (χ3n) is 9.00. The van der Waals surface area contributed by atoms with Gasteiger partial charge >= 0.3 is 6.03 Å². The van der Waals surface area contributed by atoms with E-state index in [1.165, 1.54) is 24.3 Å². The maximum Gasteiger partial charge on any atom is 0.316 e. The van der Waals surface area contributed by atoms with Gasteiger partial charge in [0.25, 0.3) is 5.91 Å². The van der Waals surface area contributed by atoms with Crippen LogP contribution in [0, 0.1) is 29.1 Å². The fourth-order valence-corrected chi connectivity index (χ4v) is 6.03. The van der Waals surface area contributed by atoms with Crippen LogP contribution in [-0.2, 0) is 19.2 Å². The Morgan fingerprint density at radius 2 is 1.49 bits per heavy atom. The summed E-state index contributed by atoms with van der Waals surface area (Å²) in [4.78, 5) is 83.3. The summed E-state index contributed by atoms with van der Waals surface area (Å²) in [6.45, 7) is 24.6. The molecule has 6 atom stereocenters. The number of ketones is 2. The molecule has 12 heteroatoms. The number of likely N-dealkylation sites (tertiary alicyclic amines) is 1. The second-order valence-corrected chi connectivity index (χ2v) is 15.4. The van der Waals surface area contributed by atoms with Crippen LogP contribution in [0.5, 0.6) is 0 Å². The highest BCUT2D eigenvalue weighted by molar-refractivity contribution is 6.38. The molecule has 4 N–H and O–H groups in total. The van der Waals surface area contributed by atoms with Crippen LogP contribution < -0.4 is 26.2 Å². The van der Waals surface area contributed by atoms with E-state index in [1.54, 1.807) is 12.1 Å². The van der Waals surface area contributed by atoms with Gasteiger partial charge in [-0.15, -0.1) is 6.58 Å². The van der Waals surface area contributed by atoms with Crippen molar-refractivity contribution in [1.82, 2.24) is 26.2 Å². The van der Waals surface area contributed by atoms with Crippen molar-refractivity contribution >= 4 is 41.0 Å². The minimum absolute atomic E-state index is 0.0390. The van der Waals surface area contributed by atoms with E-state index >= 15 is 0 Å². The quantitative estimate of drug-likeness (QED) is 0.125. The number of anilines is 1. The molecule has 1 heterocycles. The van der Waals surface area contributed by atoms with Crippen molar-refractivity contribution < 1.29 is 28.8 Å². The van der Waals surface area contributed by atoms with Gasteiger partial charge < -0.3 is 31.1 Å². The topological polar surface area (TPSA) is 157 Å². The predicted molar refractivity (Wildman–Crippen MR) is 203 cm³/mol. The number of carbonyl (C=O) groups excluding carboxylic acids is 6. The van der Waals surface area contributed by atoms with Crippen molar-refractivity contribution in [2.75, 3.05) is 32.1 Å². The van der Waals surface area contributed by atoms with Gasteiger partial charge in [0.05, 0.1) is 12.1 Å². The maximum atomic E-state index is 14.4. The highest BCUT2D eigenvalue weighted by Gasteiger charge is 2.50. The van der Waals surface area contributed by atoms with E-state index in [-0.39, 0.29) is 42.5 Å². The molecule has 1 aromatic rings. The predicted octanol–water partition coefficient (Wildman–Crippen LogP) is 4.59. The third kappa shape index (κ3) is 12.5. The van der Waals surface area contributed by atoms with Crippen molar-refractivity contribution in [2.45, 2.75) is 107 Å². The fraction of sp³-hybridized carbons (Fsp3) is 0.641. The number of urea groups is 1. The molecule has 0 radical (unpaired) electrons. The summed E-state index contributed by atoms with van der Waals surface area (Å²) in [6.07, 6.45) is 2.69. The molecular weight excluding hydrogens is 648 g/mol. The van der Waals surface area contributed by atoms with Crippen LogP contribution in [0.15, 0.2) is 36.9 Å². The van der Waals surface area contributed by atoms with Crippen LogP contribution in [0.25, 0.3) is 0 Å². The second-order valence-electron chi connectivity index (χ2n) is 15.4. The summed E-state index contributed by atoms with van der Waals surface area (Å²) in [5.74, 6) is -3.36. The lowest BCUT2D eigenvalue weighted by Crippen LogP contribution is -2.61. The zero-order valence-corrected chi connectivity index (χ0v) is 33.2. The van der Waals surface area contributed by atoms with Crippen molar-refractivity contribution in [2.24, 2.45) is 29.1 Å². The summed E-state index contributed by atoms with van der Waals surface area (Å²) in [5.41, 5.74) is 0.608. The Bertz CT molecular complexity index is 1370. The van der Waals surface area contributed by atoms with Gasteiger partial charge in [0.2, 0.25) is 17.6 Å². The van der Waals surface area contributed by atoms with Crippen LogP contribution in [-0.4, -0.2) is 91.6 Å². The maximum absolute atomic E-state index is 14.4. The van der Waals surface area contributed by atoms with Crippen molar-refractivity contribution in [3.8, 4) is 0 Å². The lowest BCUT2D eigenvalue weighted by atomic mass is 9.84. The van der Waals surface area contributed by atoms with E-state index in [4.69, 9.17) is 0 Å². The molecule has 1 aliphatic rings. The molecule has 0 saturated carbocycles. The minimum Gasteiger partial charge on any atom is -0.378 e. The van der Waals surface area contributed by atoms with Crippen molar-refractivity contribution in [3.63, 3.8) is 0 Å². The standard InChI is InChI=1S/C36H56N6O6.C3H8/c1-13-18-37-33(46)29(43)23(7)38-32(45)28-22(6)26(20(2)3)19-42(28)34(47)31(36(8,9)10)40-35(48)39-27(21(4)5)30(44)24-14-16-25(17-15-24)41(11)12;1-3-2/h13-17,20-23,26-28,31H,1,18-19H2,2-12H3,(H,37,46)(H,38,45)(H2,39,40,48);3H2,1-2H3/t22?,23?,26-,27?,28?,31?;/m1./s1. The molecule has 0 spiro atoms. The number of Topliss-reactive ketones (excluding diaryl/α,β-unsaturated/α-hetero) is 2. The molecule has 1 aromatic carbocycles. The SMILES string of the molecule is C=CCNC(=O)C(=O)C(C)NC(=O)C1C(C)[C@@H](C(C)C)CN1C(=O)C(NC(=O)NC(C(=O)c1ccc(N(C)C)cc1)C(C)C)C(C)(C)C.CCC. The fourth-order valence-electron chi connectivity index (χ4n) is 6.03. The first kappa shape index (κ1) is 44.8. The van der Waals surface area contributed by atoms with Gasteiger partial charge in [-0.25, -0.2) is 4.79 Å². The van der Waals surface area contributed by atoms with E-state index in [2.05, 4.69) is 41.7 Å². The highest BCUT2D eigenvalue weighted by Crippen LogP contribution is 2.36. The van der Waals surface area contributed by atoms with Crippen LogP contribution in [0.3, 0.4) is 0 Å². The molecule has 5 unspecified atom stereocenters. The Labute approximate surface area is 305 Å². The molecule has 51 heavy (non-hydrogen) atoms. The minimum atomic E-state index is -1.13. The lowest BCUT2D eigenvalue weighted by molar-refractivity contribution is -0.144. The first-order valence-electron chi connectivity index (χ1n) is 18.1. The lowest BCUT2D eigenvalue weighted by Gasteiger charge is -2.36. The average molecular weight is 713 g/mol. The highest BCUT2D eigenvalue weighted by atomic mass is 16.2. The number of carbonyl (C=O) groups is 6. The van der Waals surface area contributed by atoms with Gasteiger partial charge in [0, 0.05) is 38.4 Å². The summed E-state index contributed by atoms with van der Waals surface area (Å²) in [5, 5.41) is 10.7. The van der Waals surface area contributed by atoms with Gasteiger partial charge in [0.1, 0.15) is 12.1 Å². The number of hydrogen-bond donors (Lipinski definition) is 4. The Hall–Kier alpha value is -4.22. The smallest absolute Gasteiger partial charge is 0.316 e. The number of amides is 5. The number of rotatable bonds is 14. The summed E-state index contributed by atoms with van der Waals surface area (Å²) in [7, 11) is 3.81. The van der Waals surface area contributed by atoms with Gasteiger partial charge in [0.15, 0.2) is 5.78 Å². The first-order chi connectivity index (χ1) is 23.6. The number of nitrogens with zero attached hydrogens (tertiary/aromatic N) is 2. The monoisotopic (exact) mass is 712 g/mol. The number of benzene rings is 1. The molecule has 0 bridgehead atoms. The van der Waals surface area contributed by atoms with Crippen LogP contribution in [0.1, 0.15) is 92.9 Å². The molecule has 286 valence electrons. The molecule has 12 nitrogen and oxygen atoms in total.